The van der Waals surface area contributed by atoms with Crippen molar-refractivity contribution in [2.45, 2.75) is 6.92 Å². The first-order chi connectivity index (χ1) is 4.84. The van der Waals surface area contributed by atoms with E-state index >= 15 is 0 Å². The van der Waals surface area contributed by atoms with Crippen LogP contribution in [-0.4, -0.2) is 10.5 Å². The van der Waals surface area contributed by atoms with Gasteiger partial charge in [0, 0.05) is 12.4 Å². The van der Waals surface area contributed by atoms with E-state index in [1.165, 1.54) is 10.6 Å². The van der Waals surface area contributed by atoms with E-state index in [0.29, 0.717) is 0 Å². The lowest BCUT2D eigenvalue weighted by Crippen LogP contribution is -2.02. The molecule has 0 radical (unpaired) electrons. The quantitative estimate of drug-likeness (QED) is 0.537. The van der Waals surface area contributed by atoms with Gasteiger partial charge in [0.2, 0.25) is 0 Å². The Hall–Kier alpha value is -1.31. The van der Waals surface area contributed by atoms with Gasteiger partial charge in [0.15, 0.2) is 0 Å². The van der Waals surface area contributed by atoms with Crippen LogP contribution in [0.5, 0.6) is 0 Å². The molecular formula is C8H9NO. The van der Waals surface area contributed by atoms with Crippen LogP contribution >= 0.6 is 0 Å². The zero-order chi connectivity index (χ0) is 7.40. The molecule has 0 saturated heterocycles. The minimum Gasteiger partial charge on any atom is -0.291 e. The number of rotatable bonds is 1. The highest BCUT2D eigenvalue weighted by molar-refractivity contribution is 5.89. The van der Waals surface area contributed by atoms with E-state index in [1.54, 1.807) is 18.5 Å². The molecule has 10 heavy (non-hydrogen) atoms. The van der Waals surface area contributed by atoms with Crippen molar-refractivity contribution in [2.75, 3.05) is 0 Å². The van der Waals surface area contributed by atoms with Crippen LogP contribution in [0.1, 0.15) is 11.7 Å². The van der Waals surface area contributed by atoms with E-state index < -0.39 is 0 Å². The predicted octanol–water partition coefficient (Wildman–Crippen LogP) is 1.70. The minimum atomic E-state index is -0.00694. The third-order valence-electron chi connectivity index (χ3n) is 1.17. The highest BCUT2D eigenvalue weighted by atomic mass is 16.1. The first-order valence-corrected chi connectivity index (χ1v) is 3.14. The smallest absolute Gasteiger partial charge is 0.254 e. The molecule has 0 aliphatic rings. The Balaban J connectivity index is 2.78. The Labute approximate surface area is 59.8 Å². The van der Waals surface area contributed by atoms with Gasteiger partial charge in [0.05, 0.1) is 0 Å². The summed E-state index contributed by atoms with van der Waals surface area (Å²) in [4.78, 5) is 11.0. The van der Waals surface area contributed by atoms with Crippen LogP contribution < -0.4 is 0 Å². The molecule has 0 bridgehead atoms. The van der Waals surface area contributed by atoms with Gasteiger partial charge in [-0.1, -0.05) is 6.08 Å². The highest BCUT2D eigenvalue weighted by Crippen LogP contribution is 1.90. The molecule has 1 aromatic heterocycles. The average molecular weight is 135 g/mol. The van der Waals surface area contributed by atoms with Crippen LogP contribution in [0.15, 0.2) is 36.7 Å². The van der Waals surface area contributed by atoms with Crippen molar-refractivity contribution in [3.05, 3.63) is 36.7 Å². The Morgan fingerprint density at radius 2 is 2.00 bits per heavy atom. The molecule has 52 valence electrons. The Kier molecular flexibility index (Phi) is 2.05. The first kappa shape index (κ1) is 6.81. The fourth-order valence-electron chi connectivity index (χ4n) is 0.710. The number of hydrogen-bond acceptors (Lipinski definition) is 1. The van der Waals surface area contributed by atoms with Crippen molar-refractivity contribution in [1.82, 2.24) is 4.57 Å². The molecule has 0 aromatic carbocycles. The normalized spacial score (nSPS) is 10.5. The summed E-state index contributed by atoms with van der Waals surface area (Å²) in [5, 5.41) is 0. The Bertz CT molecular complexity index is 234. The van der Waals surface area contributed by atoms with Gasteiger partial charge in [-0.05, 0) is 25.1 Å². The van der Waals surface area contributed by atoms with E-state index in [1.807, 2.05) is 19.1 Å². The summed E-state index contributed by atoms with van der Waals surface area (Å²) in [5.41, 5.74) is 0. The van der Waals surface area contributed by atoms with E-state index in [0.717, 1.165) is 0 Å². The van der Waals surface area contributed by atoms with Gasteiger partial charge in [-0.15, -0.1) is 0 Å². The summed E-state index contributed by atoms with van der Waals surface area (Å²) in [6, 6.07) is 3.64. The fraction of sp³-hybridized carbons (Fsp3) is 0.125. The molecule has 1 heterocycles. The van der Waals surface area contributed by atoms with Crippen LogP contribution in [-0.2, 0) is 0 Å². The monoisotopic (exact) mass is 135 g/mol. The number of nitrogens with zero attached hydrogens (tertiary/aromatic N) is 1. The maximum absolute atomic E-state index is 11.0. The van der Waals surface area contributed by atoms with Crippen LogP contribution in [0.4, 0.5) is 0 Å². The molecule has 2 nitrogen and oxygen atoms in total. The molecule has 1 rings (SSSR count). The maximum Gasteiger partial charge on any atom is 0.254 e. The van der Waals surface area contributed by atoms with Crippen molar-refractivity contribution in [3.63, 3.8) is 0 Å². The lowest BCUT2D eigenvalue weighted by Gasteiger charge is -1.91. The standard InChI is InChI=1S/C8H9NO/c1-2-5-8(10)9-6-3-4-7-9/h2-7H,1H3. The van der Waals surface area contributed by atoms with Gasteiger partial charge in [0.25, 0.3) is 5.91 Å². The molecule has 0 spiro atoms. The van der Waals surface area contributed by atoms with Crippen molar-refractivity contribution >= 4 is 5.91 Å². The van der Waals surface area contributed by atoms with E-state index in [-0.39, 0.29) is 5.91 Å². The third kappa shape index (κ3) is 1.35. The number of hydrogen-bond donors (Lipinski definition) is 0. The maximum atomic E-state index is 11.0. The van der Waals surface area contributed by atoms with Gasteiger partial charge in [-0.3, -0.25) is 9.36 Å². The summed E-state index contributed by atoms with van der Waals surface area (Å²) in [5.74, 6) is -0.00694. The molecule has 2 heteroatoms. The topological polar surface area (TPSA) is 22.0 Å². The predicted molar refractivity (Wildman–Crippen MR) is 39.9 cm³/mol. The SMILES string of the molecule is CC=CC(=O)n1cccc1. The van der Waals surface area contributed by atoms with Gasteiger partial charge >= 0.3 is 0 Å². The summed E-state index contributed by atoms with van der Waals surface area (Å²) in [7, 11) is 0. The number of aromatic nitrogens is 1. The van der Waals surface area contributed by atoms with Crippen LogP contribution in [0, 0.1) is 0 Å². The zero-order valence-corrected chi connectivity index (χ0v) is 5.82. The largest absolute Gasteiger partial charge is 0.291 e. The molecule has 0 saturated carbocycles. The molecule has 0 atom stereocenters. The highest BCUT2D eigenvalue weighted by Gasteiger charge is 1.93. The number of allylic oxidation sites excluding steroid dienone is 2. The van der Waals surface area contributed by atoms with Gasteiger partial charge in [-0.25, -0.2) is 0 Å². The molecule has 0 aliphatic heterocycles. The van der Waals surface area contributed by atoms with Crippen LogP contribution in [0.25, 0.3) is 0 Å². The summed E-state index contributed by atoms with van der Waals surface area (Å²) < 4.78 is 1.53. The second kappa shape index (κ2) is 3.01. The van der Waals surface area contributed by atoms with E-state index in [4.69, 9.17) is 0 Å². The second-order valence-corrected chi connectivity index (χ2v) is 1.93. The number of carbonyl (C=O) groups is 1. The third-order valence-corrected chi connectivity index (χ3v) is 1.17. The van der Waals surface area contributed by atoms with Crippen LogP contribution in [0.2, 0.25) is 0 Å². The van der Waals surface area contributed by atoms with E-state index in [9.17, 15) is 4.79 Å². The number of carbonyl (C=O) groups excluding carboxylic acids is 1. The van der Waals surface area contributed by atoms with Crippen molar-refractivity contribution in [3.8, 4) is 0 Å². The van der Waals surface area contributed by atoms with E-state index in [2.05, 4.69) is 0 Å². The average Bonchev–Trinajstić information content (AvgIpc) is 2.38. The fourth-order valence-corrected chi connectivity index (χ4v) is 0.710. The Morgan fingerprint density at radius 3 is 2.50 bits per heavy atom. The van der Waals surface area contributed by atoms with Crippen molar-refractivity contribution < 1.29 is 4.79 Å². The van der Waals surface area contributed by atoms with Crippen molar-refractivity contribution in [1.29, 1.82) is 0 Å². The zero-order valence-electron chi connectivity index (χ0n) is 5.82. The molecule has 0 fully saturated rings. The molecule has 0 aliphatic carbocycles. The van der Waals surface area contributed by atoms with Gasteiger partial charge in [0.1, 0.15) is 0 Å². The second-order valence-electron chi connectivity index (χ2n) is 1.93. The van der Waals surface area contributed by atoms with Crippen molar-refractivity contribution in [2.24, 2.45) is 0 Å². The molecular weight excluding hydrogens is 126 g/mol. The first-order valence-electron chi connectivity index (χ1n) is 3.14. The molecule has 0 N–H and O–H groups in total. The summed E-state index contributed by atoms with van der Waals surface area (Å²) in [6.07, 6.45) is 6.70. The van der Waals surface area contributed by atoms with Crippen LogP contribution in [0.3, 0.4) is 0 Å². The lowest BCUT2D eigenvalue weighted by atomic mass is 10.5. The summed E-state index contributed by atoms with van der Waals surface area (Å²) >= 11 is 0. The van der Waals surface area contributed by atoms with Gasteiger partial charge < -0.3 is 0 Å². The molecule has 0 amide bonds. The Morgan fingerprint density at radius 1 is 1.40 bits per heavy atom. The molecule has 0 unspecified atom stereocenters. The minimum absolute atomic E-state index is 0.00694. The van der Waals surface area contributed by atoms with Gasteiger partial charge in [-0.2, -0.15) is 0 Å². The molecule has 1 aromatic rings. The summed E-state index contributed by atoms with van der Waals surface area (Å²) in [6.45, 7) is 1.82. The lowest BCUT2D eigenvalue weighted by molar-refractivity contribution is 0.0969.